The first-order chi connectivity index (χ1) is 6.00. The zero-order valence-corrected chi connectivity index (χ0v) is 7.27. The Hall–Kier alpha value is -1.00. The van der Waals surface area contributed by atoms with Crippen molar-refractivity contribution in [2.24, 2.45) is 23.3 Å². The predicted octanol–water partition coefficient (Wildman–Crippen LogP) is -0.608. The zero-order valence-electron chi connectivity index (χ0n) is 7.27. The van der Waals surface area contributed by atoms with Crippen molar-refractivity contribution in [2.45, 2.75) is 18.6 Å². The van der Waals surface area contributed by atoms with Crippen molar-refractivity contribution in [3.8, 4) is 0 Å². The van der Waals surface area contributed by atoms with E-state index >= 15 is 0 Å². The molecule has 0 radical (unpaired) electrons. The maximum atomic E-state index is 9.23. The minimum Gasteiger partial charge on any atom is -0.400 e. The topological polar surface area (TPSA) is 92.5 Å². The van der Waals surface area contributed by atoms with Crippen LogP contribution in [0, 0.1) is 11.8 Å². The van der Waals surface area contributed by atoms with Crippen LogP contribution in [0.1, 0.15) is 12.8 Å². The minimum absolute atomic E-state index is 0.0737. The molecule has 72 valence electrons. The molecule has 1 saturated carbocycles. The van der Waals surface area contributed by atoms with Crippen LogP contribution in [-0.2, 0) is 0 Å². The van der Waals surface area contributed by atoms with E-state index in [4.69, 9.17) is 11.5 Å². The molecule has 1 unspecified atom stereocenters. The van der Waals surface area contributed by atoms with E-state index < -0.39 is 5.79 Å². The Balaban J connectivity index is 2.05. The summed E-state index contributed by atoms with van der Waals surface area (Å²) in [6.45, 7) is 0. The van der Waals surface area contributed by atoms with Crippen LogP contribution in [0.4, 0.5) is 0 Å². The van der Waals surface area contributed by atoms with Crippen LogP contribution in [0.15, 0.2) is 23.5 Å². The summed E-state index contributed by atoms with van der Waals surface area (Å²) in [4.78, 5) is 0. The molecule has 1 fully saturated rings. The van der Waals surface area contributed by atoms with Gasteiger partial charge in [-0.2, -0.15) is 0 Å². The molecule has 2 aliphatic rings. The molecule has 2 rings (SSSR count). The average molecular weight is 182 g/mol. The van der Waals surface area contributed by atoms with E-state index in [1.165, 1.54) is 0 Å². The Morgan fingerprint density at radius 2 is 2.00 bits per heavy atom. The first-order valence-corrected chi connectivity index (χ1v) is 4.38. The summed E-state index contributed by atoms with van der Waals surface area (Å²) < 4.78 is 0. The van der Waals surface area contributed by atoms with Crippen molar-refractivity contribution in [3.05, 3.63) is 23.5 Å². The van der Waals surface area contributed by atoms with Gasteiger partial charge in [0.25, 0.3) is 0 Å². The maximum absolute atomic E-state index is 9.23. The number of hydrogen-bond donors (Lipinski definition) is 4. The summed E-state index contributed by atoms with van der Waals surface area (Å²) in [5.74, 6) is -1.42. The molecule has 0 amide bonds. The standard InChI is InChI=1S/C9H14N2O2/c10-7-2-1-5(3-8(7)11)6-4-9(6,12)13/h1-2,5-6,12-13H,3-4,10-11H2/t5?,6-/m1/s1. The van der Waals surface area contributed by atoms with Gasteiger partial charge in [-0.1, -0.05) is 6.08 Å². The fourth-order valence-corrected chi connectivity index (χ4v) is 1.81. The van der Waals surface area contributed by atoms with Crippen LogP contribution >= 0.6 is 0 Å². The van der Waals surface area contributed by atoms with E-state index in [2.05, 4.69) is 0 Å². The molecule has 2 atom stereocenters. The smallest absolute Gasteiger partial charge is 0.166 e. The Bertz CT molecular complexity index is 294. The van der Waals surface area contributed by atoms with E-state index in [0.717, 1.165) is 0 Å². The van der Waals surface area contributed by atoms with Crippen LogP contribution in [-0.4, -0.2) is 16.0 Å². The van der Waals surface area contributed by atoms with Crippen LogP contribution < -0.4 is 11.5 Å². The van der Waals surface area contributed by atoms with Crippen LogP contribution in [0.5, 0.6) is 0 Å². The molecule has 4 nitrogen and oxygen atoms in total. The number of nitrogens with two attached hydrogens (primary N) is 2. The Kier molecular flexibility index (Phi) is 1.65. The predicted molar refractivity (Wildman–Crippen MR) is 47.9 cm³/mol. The second-order valence-electron chi connectivity index (χ2n) is 3.90. The first-order valence-electron chi connectivity index (χ1n) is 4.38. The van der Waals surface area contributed by atoms with Crippen LogP contribution in [0.25, 0.3) is 0 Å². The fourth-order valence-electron chi connectivity index (χ4n) is 1.81. The van der Waals surface area contributed by atoms with E-state index in [-0.39, 0.29) is 11.8 Å². The van der Waals surface area contributed by atoms with E-state index in [1.54, 1.807) is 6.08 Å². The van der Waals surface area contributed by atoms with Crippen molar-refractivity contribution < 1.29 is 10.2 Å². The highest BCUT2D eigenvalue weighted by molar-refractivity contribution is 5.28. The minimum atomic E-state index is -1.47. The normalized spacial score (nSPS) is 36.5. The third-order valence-corrected chi connectivity index (χ3v) is 2.82. The highest BCUT2D eigenvalue weighted by Crippen LogP contribution is 2.49. The zero-order chi connectivity index (χ0) is 9.64. The molecule has 0 aromatic carbocycles. The molecular formula is C9H14N2O2. The van der Waals surface area contributed by atoms with E-state index in [0.29, 0.717) is 24.2 Å². The number of aliphatic hydroxyl groups is 2. The van der Waals surface area contributed by atoms with Gasteiger partial charge in [0.1, 0.15) is 0 Å². The monoisotopic (exact) mass is 182 g/mol. The summed E-state index contributed by atoms with van der Waals surface area (Å²) in [6, 6.07) is 0. The van der Waals surface area contributed by atoms with Crippen molar-refractivity contribution >= 4 is 0 Å². The van der Waals surface area contributed by atoms with Crippen LogP contribution in [0.3, 0.4) is 0 Å². The van der Waals surface area contributed by atoms with Gasteiger partial charge < -0.3 is 21.7 Å². The number of rotatable bonds is 1. The average Bonchev–Trinajstić information content (AvgIpc) is 2.66. The quantitative estimate of drug-likeness (QED) is 0.407. The van der Waals surface area contributed by atoms with Gasteiger partial charge in [0.2, 0.25) is 0 Å². The Morgan fingerprint density at radius 3 is 2.46 bits per heavy atom. The van der Waals surface area contributed by atoms with Crippen LogP contribution in [0.2, 0.25) is 0 Å². The van der Waals surface area contributed by atoms with Crippen molar-refractivity contribution in [3.63, 3.8) is 0 Å². The van der Waals surface area contributed by atoms with E-state index in [1.807, 2.05) is 6.08 Å². The van der Waals surface area contributed by atoms with E-state index in [9.17, 15) is 10.2 Å². The molecular weight excluding hydrogens is 168 g/mol. The third-order valence-electron chi connectivity index (χ3n) is 2.82. The van der Waals surface area contributed by atoms with Gasteiger partial charge in [0.15, 0.2) is 5.79 Å². The van der Waals surface area contributed by atoms with Gasteiger partial charge in [-0.25, -0.2) is 0 Å². The summed E-state index contributed by atoms with van der Waals surface area (Å²) in [5, 5.41) is 18.5. The highest BCUT2D eigenvalue weighted by atomic mass is 16.5. The second-order valence-corrected chi connectivity index (χ2v) is 3.90. The van der Waals surface area contributed by atoms with Gasteiger partial charge in [-0.15, -0.1) is 0 Å². The van der Waals surface area contributed by atoms with Crippen molar-refractivity contribution in [1.29, 1.82) is 0 Å². The summed E-state index contributed by atoms with van der Waals surface area (Å²) in [6.07, 6.45) is 4.73. The first kappa shape index (κ1) is 8.59. The lowest BCUT2D eigenvalue weighted by atomic mass is 9.92. The number of hydrogen-bond acceptors (Lipinski definition) is 4. The summed E-state index contributed by atoms with van der Waals surface area (Å²) >= 11 is 0. The van der Waals surface area contributed by atoms with Gasteiger partial charge >= 0.3 is 0 Å². The molecule has 0 spiro atoms. The molecule has 13 heavy (non-hydrogen) atoms. The molecule has 6 N–H and O–H groups in total. The molecule has 2 aliphatic carbocycles. The summed E-state index contributed by atoms with van der Waals surface area (Å²) in [5.41, 5.74) is 12.5. The molecule has 0 saturated heterocycles. The molecule has 0 bridgehead atoms. The highest BCUT2D eigenvalue weighted by Gasteiger charge is 2.55. The van der Waals surface area contributed by atoms with Gasteiger partial charge in [0.05, 0.1) is 5.70 Å². The van der Waals surface area contributed by atoms with Crippen molar-refractivity contribution in [2.75, 3.05) is 0 Å². The molecule has 4 heteroatoms. The Labute approximate surface area is 76.5 Å². The fraction of sp³-hybridized carbons (Fsp3) is 0.556. The number of allylic oxidation sites excluding steroid dienone is 3. The van der Waals surface area contributed by atoms with Crippen molar-refractivity contribution in [1.82, 2.24) is 0 Å². The lowest BCUT2D eigenvalue weighted by Gasteiger charge is -2.18. The van der Waals surface area contributed by atoms with Gasteiger partial charge in [0, 0.05) is 18.0 Å². The molecule has 0 aromatic heterocycles. The molecule has 0 aromatic rings. The van der Waals surface area contributed by atoms with Gasteiger partial charge in [-0.3, -0.25) is 0 Å². The lowest BCUT2D eigenvalue weighted by Crippen LogP contribution is -2.20. The lowest BCUT2D eigenvalue weighted by molar-refractivity contribution is -0.0866. The summed E-state index contributed by atoms with van der Waals surface area (Å²) in [7, 11) is 0. The largest absolute Gasteiger partial charge is 0.400 e. The third kappa shape index (κ3) is 1.43. The maximum Gasteiger partial charge on any atom is 0.166 e. The molecule has 0 aliphatic heterocycles. The second kappa shape index (κ2) is 2.49. The molecule has 0 heterocycles. The SMILES string of the molecule is NC1=C(N)CC([C@H]2CC2(O)O)C=C1. The van der Waals surface area contributed by atoms with Gasteiger partial charge in [-0.05, 0) is 18.4 Å². The Morgan fingerprint density at radius 1 is 1.38 bits per heavy atom.